The molecule has 2 rings (SSSR count). The summed E-state index contributed by atoms with van der Waals surface area (Å²) in [7, 11) is 0. The van der Waals surface area contributed by atoms with Gasteiger partial charge in [-0.3, -0.25) is 0 Å². The predicted molar refractivity (Wildman–Crippen MR) is 85.8 cm³/mol. The fourth-order valence-electron chi connectivity index (χ4n) is 2.88. The van der Waals surface area contributed by atoms with Gasteiger partial charge in [0.1, 0.15) is 0 Å². The van der Waals surface area contributed by atoms with Crippen LogP contribution in [-0.4, -0.2) is 17.8 Å². The molecule has 1 aliphatic carbocycles. The van der Waals surface area contributed by atoms with Crippen molar-refractivity contribution < 1.29 is 0 Å². The van der Waals surface area contributed by atoms with Crippen molar-refractivity contribution in [2.24, 2.45) is 5.41 Å². The lowest BCUT2D eigenvalue weighted by Crippen LogP contribution is -2.45. The Morgan fingerprint density at radius 3 is 2.68 bits per heavy atom. The monoisotopic (exact) mass is 277 g/mol. The van der Waals surface area contributed by atoms with E-state index in [1.54, 1.807) is 0 Å². The fraction of sp³-hybridized carbons (Fsp3) is 0.647. The van der Waals surface area contributed by atoms with E-state index in [0.717, 1.165) is 6.54 Å². The highest BCUT2D eigenvalue weighted by molar-refractivity contribution is 8.00. The molecule has 1 nitrogen and oxygen atoms in total. The van der Waals surface area contributed by atoms with Crippen LogP contribution in [0.25, 0.3) is 0 Å². The van der Waals surface area contributed by atoms with Crippen LogP contribution in [0.1, 0.15) is 46.5 Å². The van der Waals surface area contributed by atoms with Crippen LogP contribution in [0.5, 0.6) is 0 Å². The zero-order chi connectivity index (χ0) is 13.7. The average Bonchev–Trinajstić information content (AvgIpc) is 2.38. The second kappa shape index (κ2) is 6.81. The molecule has 2 atom stereocenters. The molecule has 0 radical (unpaired) electrons. The molecule has 1 aromatic carbocycles. The number of hydrogen-bond acceptors (Lipinski definition) is 2. The van der Waals surface area contributed by atoms with E-state index in [1.165, 1.54) is 30.6 Å². The van der Waals surface area contributed by atoms with Gasteiger partial charge >= 0.3 is 0 Å². The summed E-state index contributed by atoms with van der Waals surface area (Å²) in [5.74, 6) is 0. The van der Waals surface area contributed by atoms with E-state index in [0.29, 0.717) is 16.7 Å². The maximum atomic E-state index is 3.76. The molecule has 0 amide bonds. The molecule has 0 heterocycles. The zero-order valence-electron chi connectivity index (χ0n) is 12.5. The van der Waals surface area contributed by atoms with Gasteiger partial charge in [-0.25, -0.2) is 0 Å². The summed E-state index contributed by atoms with van der Waals surface area (Å²) < 4.78 is 0. The first-order valence-corrected chi connectivity index (χ1v) is 8.44. The normalized spacial score (nSPS) is 26.3. The van der Waals surface area contributed by atoms with E-state index in [1.807, 2.05) is 0 Å². The third-order valence-electron chi connectivity index (χ3n) is 4.02. The molecule has 0 spiro atoms. The van der Waals surface area contributed by atoms with Crippen molar-refractivity contribution in [2.75, 3.05) is 6.54 Å². The van der Waals surface area contributed by atoms with Gasteiger partial charge in [-0.1, -0.05) is 39.0 Å². The van der Waals surface area contributed by atoms with Gasteiger partial charge in [-0.15, -0.1) is 11.8 Å². The molecule has 19 heavy (non-hydrogen) atoms. The molecule has 1 fully saturated rings. The Morgan fingerprint density at radius 1 is 1.26 bits per heavy atom. The van der Waals surface area contributed by atoms with Crippen LogP contribution in [0, 0.1) is 5.41 Å². The molecule has 0 saturated heterocycles. The van der Waals surface area contributed by atoms with Crippen molar-refractivity contribution >= 4 is 11.8 Å². The number of benzene rings is 1. The van der Waals surface area contributed by atoms with Crippen LogP contribution in [-0.2, 0) is 0 Å². The first kappa shape index (κ1) is 14.9. The molecule has 0 bridgehead atoms. The minimum atomic E-state index is 0.497. The smallest absolute Gasteiger partial charge is 0.0253 e. The zero-order valence-corrected chi connectivity index (χ0v) is 13.3. The molecular weight excluding hydrogens is 250 g/mol. The Kier molecular flexibility index (Phi) is 5.35. The SMILES string of the molecule is CCCNC1CCC(C)(C)CC1Sc1ccccc1. The molecule has 2 heteroatoms. The maximum Gasteiger partial charge on any atom is 0.0253 e. The standard InChI is InChI=1S/C17H27NS/c1-4-12-18-15-10-11-17(2,3)13-16(15)19-14-8-6-5-7-9-14/h5-9,15-16,18H,4,10-13H2,1-3H3. The van der Waals surface area contributed by atoms with Crippen LogP contribution >= 0.6 is 11.8 Å². The molecule has 1 N–H and O–H groups in total. The van der Waals surface area contributed by atoms with Gasteiger partial charge in [-0.05, 0) is 49.8 Å². The van der Waals surface area contributed by atoms with Crippen molar-refractivity contribution in [3.8, 4) is 0 Å². The summed E-state index contributed by atoms with van der Waals surface area (Å²) in [6.45, 7) is 8.24. The van der Waals surface area contributed by atoms with E-state index in [9.17, 15) is 0 Å². The minimum absolute atomic E-state index is 0.497. The third-order valence-corrected chi connectivity index (χ3v) is 5.36. The maximum absolute atomic E-state index is 3.76. The first-order chi connectivity index (χ1) is 9.11. The molecule has 1 saturated carbocycles. The molecule has 0 aliphatic heterocycles. The second-order valence-electron chi connectivity index (χ2n) is 6.44. The molecule has 1 aliphatic rings. The predicted octanol–water partition coefficient (Wildman–Crippen LogP) is 4.73. The number of hydrogen-bond donors (Lipinski definition) is 1. The van der Waals surface area contributed by atoms with E-state index in [2.05, 4.69) is 68.2 Å². The molecular formula is C17H27NS. The first-order valence-electron chi connectivity index (χ1n) is 7.56. The number of nitrogens with one attached hydrogen (secondary N) is 1. The number of thioether (sulfide) groups is 1. The minimum Gasteiger partial charge on any atom is -0.313 e. The van der Waals surface area contributed by atoms with Crippen LogP contribution in [0.3, 0.4) is 0 Å². The van der Waals surface area contributed by atoms with Gasteiger partial charge in [0.2, 0.25) is 0 Å². The highest BCUT2D eigenvalue weighted by atomic mass is 32.2. The average molecular weight is 277 g/mol. The molecule has 0 aromatic heterocycles. The van der Waals surface area contributed by atoms with Gasteiger partial charge in [-0.2, -0.15) is 0 Å². The highest BCUT2D eigenvalue weighted by Gasteiger charge is 2.34. The van der Waals surface area contributed by atoms with Crippen LogP contribution < -0.4 is 5.32 Å². The van der Waals surface area contributed by atoms with Crippen molar-refractivity contribution in [1.82, 2.24) is 5.32 Å². The topological polar surface area (TPSA) is 12.0 Å². The van der Waals surface area contributed by atoms with Crippen LogP contribution in [0.15, 0.2) is 35.2 Å². The Balaban J connectivity index is 2.02. The van der Waals surface area contributed by atoms with Crippen molar-refractivity contribution in [3.63, 3.8) is 0 Å². The molecule has 1 aromatic rings. The Morgan fingerprint density at radius 2 is 2.00 bits per heavy atom. The summed E-state index contributed by atoms with van der Waals surface area (Å²) in [5, 5.41) is 4.46. The van der Waals surface area contributed by atoms with Gasteiger partial charge in [0, 0.05) is 16.2 Å². The lowest BCUT2D eigenvalue weighted by Gasteiger charge is -2.41. The summed E-state index contributed by atoms with van der Waals surface area (Å²) in [4.78, 5) is 1.41. The Hall–Kier alpha value is -0.470. The van der Waals surface area contributed by atoms with E-state index in [4.69, 9.17) is 0 Å². The summed E-state index contributed by atoms with van der Waals surface area (Å²) in [6, 6.07) is 11.5. The lowest BCUT2D eigenvalue weighted by atomic mass is 9.75. The van der Waals surface area contributed by atoms with E-state index < -0.39 is 0 Å². The summed E-state index contributed by atoms with van der Waals surface area (Å²) in [6.07, 6.45) is 5.20. The van der Waals surface area contributed by atoms with Gasteiger partial charge in [0.05, 0.1) is 0 Å². The Bertz CT molecular complexity index is 374. The summed E-state index contributed by atoms with van der Waals surface area (Å²) >= 11 is 2.06. The lowest BCUT2D eigenvalue weighted by molar-refractivity contribution is 0.214. The van der Waals surface area contributed by atoms with Crippen molar-refractivity contribution in [3.05, 3.63) is 30.3 Å². The largest absolute Gasteiger partial charge is 0.313 e. The second-order valence-corrected chi connectivity index (χ2v) is 7.75. The highest BCUT2D eigenvalue weighted by Crippen LogP contribution is 2.42. The quantitative estimate of drug-likeness (QED) is 0.835. The third kappa shape index (κ3) is 4.54. The molecule has 2 unspecified atom stereocenters. The van der Waals surface area contributed by atoms with Gasteiger partial charge < -0.3 is 5.32 Å². The van der Waals surface area contributed by atoms with Gasteiger partial charge in [0.25, 0.3) is 0 Å². The van der Waals surface area contributed by atoms with E-state index in [-0.39, 0.29) is 0 Å². The molecule has 106 valence electrons. The Labute approximate surface area is 122 Å². The van der Waals surface area contributed by atoms with Crippen LogP contribution in [0.2, 0.25) is 0 Å². The fourth-order valence-corrected chi connectivity index (χ4v) is 4.48. The van der Waals surface area contributed by atoms with Crippen molar-refractivity contribution in [2.45, 2.75) is 62.6 Å². The summed E-state index contributed by atoms with van der Waals surface area (Å²) in [5.41, 5.74) is 0.497. The van der Waals surface area contributed by atoms with Crippen LogP contribution in [0.4, 0.5) is 0 Å². The van der Waals surface area contributed by atoms with Gasteiger partial charge in [0.15, 0.2) is 0 Å². The number of rotatable bonds is 5. The van der Waals surface area contributed by atoms with E-state index >= 15 is 0 Å². The van der Waals surface area contributed by atoms with Crippen molar-refractivity contribution in [1.29, 1.82) is 0 Å².